The Kier molecular flexibility index (Phi) is 5.81. The zero-order chi connectivity index (χ0) is 14.6. The monoisotopic (exact) mass is 269 g/mol. The zero-order valence-electron chi connectivity index (χ0n) is 13.2. The minimum Gasteiger partial charge on any atom is -0.368 e. The van der Waals surface area contributed by atoms with Gasteiger partial charge in [-0.2, -0.15) is 0 Å². The first-order valence-corrected chi connectivity index (χ1v) is 7.61. The third-order valence-corrected chi connectivity index (χ3v) is 3.80. The molecule has 1 fully saturated rings. The van der Waals surface area contributed by atoms with E-state index in [-0.39, 0.29) is 11.9 Å². The van der Waals surface area contributed by atoms with Gasteiger partial charge in [0.15, 0.2) is 0 Å². The molecule has 4 nitrogen and oxygen atoms in total. The van der Waals surface area contributed by atoms with Crippen LogP contribution in [0.3, 0.4) is 0 Å². The molecular weight excluding hydrogens is 238 g/mol. The predicted octanol–water partition coefficient (Wildman–Crippen LogP) is 1.60. The Hall–Kier alpha value is -0.610. The smallest absolute Gasteiger partial charge is 0.239 e. The number of nitrogens with one attached hydrogen (secondary N) is 1. The standard InChI is InChI=1S/C15H31N3O/c1-6-18(9-11(2)3)10-15(14(16)19,13-7-8-13)17-12(4)5/h11-13,17H,6-10H2,1-5H3,(H2,16,19). The number of hydrogen-bond acceptors (Lipinski definition) is 3. The number of nitrogens with two attached hydrogens (primary N) is 1. The number of likely N-dealkylation sites (N-methyl/N-ethyl adjacent to an activating group) is 1. The number of hydrogen-bond donors (Lipinski definition) is 2. The summed E-state index contributed by atoms with van der Waals surface area (Å²) in [5.41, 5.74) is 5.22. The van der Waals surface area contributed by atoms with Crippen LogP contribution in [0.5, 0.6) is 0 Å². The van der Waals surface area contributed by atoms with Gasteiger partial charge in [0, 0.05) is 19.1 Å². The summed E-state index contributed by atoms with van der Waals surface area (Å²) in [4.78, 5) is 14.5. The van der Waals surface area contributed by atoms with Crippen molar-refractivity contribution in [2.75, 3.05) is 19.6 Å². The number of nitrogens with zero attached hydrogens (tertiary/aromatic N) is 1. The minimum absolute atomic E-state index is 0.189. The quantitative estimate of drug-likeness (QED) is 0.668. The summed E-state index contributed by atoms with van der Waals surface area (Å²) in [5, 5.41) is 3.48. The number of primary amides is 1. The van der Waals surface area contributed by atoms with Gasteiger partial charge in [-0.25, -0.2) is 0 Å². The van der Waals surface area contributed by atoms with Gasteiger partial charge in [0.2, 0.25) is 5.91 Å². The van der Waals surface area contributed by atoms with E-state index in [1.165, 1.54) is 0 Å². The fraction of sp³-hybridized carbons (Fsp3) is 0.933. The van der Waals surface area contributed by atoms with Crippen LogP contribution in [0.2, 0.25) is 0 Å². The molecule has 1 aliphatic rings. The summed E-state index contributed by atoms with van der Waals surface area (Å²) in [7, 11) is 0. The molecule has 1 saturated carbocycles. The molecule has 0 spiro atoms. The topological polar surface area (TPSA) is 58.4 Å². The fourth-order valence-electron chi connectivity index (χ4n) is 2.91. The van der Waals surface area contributed by atoms with Crippen molar-refractivity contribution < 1.29 is 4.79 Å². The lowest BCUT2D eigenvalue weighted by molar-refractivity contribution is -0.126. The van der Waals surface area contributed by atoms with Crippen molar-refractivity contribution in [2.24, 2.45) is 17.6 Å². The van der Waals surface area contributed by atoms with E-state index in [1.54, 1.807) is 0 Å². The Labute approximate surface area is 118 Å². The van der Waals surface area contributed by atoms with Gasteiger partial charge in [0.05, 0.1) is 0 Å². The molecule has 4 heteroatoms. The van der Waals surface area contributed by atoms with E-state index in [0.717, 1.165) is 32.5 Å². The number of carbonyl (C=O) groups is 1. The summed E-state index contributed by atoms with van der Waals surface area (Å²) >= 11 is 0. The highest BCUT2D eigenvalue weighted by atomic mass is 16.1. The van der Waals surface area contributed by atoms with E-state index in [9.17, 15) is 4.79 Å². The molecule has 0 saturated heterocycles. The predicted molar refractivity (Wildman–Crippen MR) is 79.9 cm³/mol. The van der Waals surface area contributed by atoms with E-state index < -0.39 is 5.54 Å². The Morgan fingerprint density at radius 3 is 2.26 bits per heavy atom. The van der Waals surface area contributed by atoms with E-state index in [4.69, 9.17) is 5.73 Å². The van der Waals surface area contributed by atoms with Crippen molar-refractivity contribution in [1.29, 1.82) is 0 Å². The van der Waals surface area contributed by atoms with Gasteiger partial charge in [-0.1, -0.05) is 20.8 Å². The van der Waals surface area contributed by atoms with Crippen LogP contribution in [-0.2, 0) is 4.79 Å². The molecule has 1 rings (SSSR count). The lowest BCUT2D eigenvalue weighted by Gasteiger charge is -2.39. The van der Waals surface area contributed by atoms with Crippen molar-refractivity contribution in [3.63, 3.8) is 0 Å². The second kappa shape index (κ2) is 6.71. The van der Waals surface area contributed by atoms with Crippen molar-refractivity contribution in [3.05, 3.63) is 0 Å². The van der Waals surface area contributed by atoms with Crippen molar-refractivity contribution in [3.8, 4) is 0 Å². The highest BCUT2D eigenvalue weighted by molar-refractivity contribution is 5.86. The summed E-state index contributed by atoms with van der Waals surface area (Å²) in [5.74, 6) is 0.822. The van der Waals surface area contributed by atoms with Gasteiger partial charge in [-0.3, -0.25) is 10.1 Å². The van der Waals surface area contributed by atoms with Crippen LogP contribution in [0.4, 0.5) is 0 Å². The molecule has 0 heterocycles. The van der Waals surface area contributed by atoms with Gasteiger partial charge >= 0.3 is 0 Å². The first kappa shape index (κ1) is 16.4. The van der Waals surface area contributed by atoms with Crippen molar-refractivity contribution in [2.45, 2.75) is 59.0 Å². The molecule has 1 aliphatic carbocycles. The van der Waals surface area contributed by atoms with Crippen molar-refractivity contribution in [1.82, 2.24) is 10.2 Å². The van der Waals surface area contributed by atoms with Gasteiger partial charge in [-0.15, -0.1) is 0 Å². The van der Waals surface area contributed by atoms with Gasteiger partial charge in [0.1, 0.15) is 5.54 Å². The van der Waals surface area contributed by atoms with Crippen LogP contribution in [0.1, 0.15) is 47.5 Å². The van der Waals surface area contributed by atoms with Gasteiger partial charge in [-0.05, 0) is 45.1 Å². The lowest BCUT2D eigenvalue weighted by atomic mass is 9.90. The lowest BCUT2D eigenvalue weighted by Crippen LogP contribution is -2.65. The Morgan fingerprint density at radius 2 is 1.95 bits per heavy atom. The van der Waals surface area contributed by atoms with E-state index in [1.807, 2.05) is 0 Å². The number of carbonyl (C=O) groups excluding carboxylic acids is 1. The van der Waals surface area contributed by atoms with Crippen LogP contribution < -0.4 is 11.1 Å². The normalized spacial score (nSPS) is 19.2. The largest absolute Gasteiger partial charge is 0.368 e. The Balaban J connectivity index is 2.85. The Bertz CT molecular complexity index is 300. The fourth-order valence-corrected chi connectivity index (χ4v) is 2.91. The summed E-state index contributed by atoms with van der Waals surface area (Å²) in [6, 6.07) is 0.269. The summed E-state index contributed by atoms with van der Waals surface area (Å²) < 4.78 is 0. The molecule has 0 aromatic carbocycles. The van der Waals surface area contributed by atoms with Gasteiger partial charge < -0.3 is 10.6 Å². The van der Waals surface area contributed by atoms with E-state index in [2.05, 4.69) is 44.8 Å². The summed E-state index contributed by atoms with van der Waals surface area (Å²) in [6.45, 7) is 13.4. The molecule has 1 unspecified atom stereocenters. The first-order chi connectivity index (χ1) is 8.81. The average Bonchev–Trinajstić information content (AvgIpc) is 3.09. The van der Waals surface area contributed by atoms with Crippen LogP contribution in [0, 0.1) is 11.8 Å². The molecule has 0 bridgehead atoms. The molecule has 0 aromatic rings. The van der Waals surface area contributed by atoms with Crippen LogP contribution >= 0.6 is 0 Å². The maximum Gasteiger partial charge on any atom is 0.239 e. The highest BCUT2D eigenvalue weighted by Gasteiger charge is 2.50. The molecular formula is C15H31N3O. The van der Waals surface area contributed by atoms with Crippen molar-refractivity contribution >= 4 is 5.91 Å². The second-order valence-corrected chi connectivity index (χ2v) is 6.63. The third kappa shape index (κ3) is 4.46. The SMILES string of the molecule is CCN(CC(C)C)CC(NC(C)C)(C(N)=O)C1CC1. The molecule has 0 aromatic heterocycles. The molecule has 1 atom stereocenters. The zero-order valence-corrected chi connectivity index (χ0v) is 13.2. The second-order valence-electron chi connectivity index (χ2n) is 6.63. The number of amides is 1. The first-order valence-electron chi connectivity index (χ1n) is 7.61. The number of rotatable bonds is 9. The molecule has 3 N–H and O–H groups in total. The van der Waals surface area contributed by atoms with Crippen LogP contribution in [0.15, 0.2) is 0 Å². The highest BCUT2D eigenvalue weighted by Crippen LogP contribution is 2.40. The van der Waals surface area contributed by atoms with Crippen LogP contribution in [0.25, 0.3) is 0 Å². The van der Waals surface area contributed by atoms with E-state index >= 15 is 0 Å². The molecule has 0 aliphatic heterocycles. The average molecular weight is 269 g/mol. The minimum atomic E-state index is -0.543. The molecule has 1 amide bonds. The molecule has 0 radical (unpaired) electrons. The maximum atomic E-state index is 12.1. The Morgan fingerprint density at radius 1 is 1.37 bits per heavy atom. The molecule has 112 valence electrons. The van der Waals surface area contributed by atoms with Crippen LogP contribution in [-0.4, -0.2) is 42.0 Å². The third-order valence-electron chi connectivity index (χ3n) is 3.80. The molecule has 19 heavy (non-hydrogen) atoms. The van der Waals surface area contributed by atoms with E-state index in [0.29, 0.717) is 11.8 Å². The maximum absolute atomic E-state index is 12.1. The van der Waals surface area contributed by atoms with Gasteiger partial charge in [0.25, 0.3) is 0 Å². The summed E-state index contributed by atoms with van der Waals surface area (Å²) in [6.07, 6.45) is 2.23.